The molecule has 1 atom stereocenters. The maximum Gasteiger partial charge on any atom is 0.270 e. The highest BCUT2D eigenvalue weighted by Crippen LogP contribution is 2.29. The molecule has 0 radical (unpaired) electrons. The van der Waals surface area contributed by atoms with Gasteiger partial charge < -0.3 is 15.1 Å². The molecule has 1 N–H and O–H groups in total. The molecule has 0 aliphatic rings. The molecule has 0 aromatic heterocycles. The van der Waals surface area contributed by atoms with Crippen molar-refractivity contribution in [2.75, 3.05) is 39.6 Å². The number of anilines is 1. The smallest absolute Gasteiger partial charge is 0.270 e. The molecule has 0 bridgehead atoms. The van der Waals surface area contributed by atoms with Crippen molar-refractivity contribution in [3.8, 4) is 0 Å². The van der Waals surface area contributed by atoms with E-state index in [4.69, 9.17) is 11.6 Å². The Morgan fingerprint density at radius 1 is 1.25 bits per heavy atom. The summed E-state index contributed by atoms with van der Waals surface area (Å²) in [6.07, 6.45) is 0. The van der Waals surface area contributed by atoms with Crippen LogP contribution in [0.3, 0.4) is 0 Å². The average molecular weight is 409 g/mol. The standard InChI is InChI=1S/C19H22ClFN4O3/c1-23(2)16-9-8-12(25(27)28)10-13(16)19(26)22-11-17(24(3)4)18-14(20)6-5-7-15(18)21/h5-10,17H,11H2,1-4H3,(H,22,26). The summed E-state index contributed by atoms with van der Waals surface area (Å²) < 4.78 is 14.3. The molecule has 2 aromatic carbocycles. The van der Waals surface area contributed by atoms with Crippen LogP contribution in [0.4, 0.5) is 15.8 Å². The first-order valence-corrected chi connectivity index (χ1v) is 8.85. The van der Waals surface area contributed by atoms with E-state index in [0.29, 0.717) is 5.69 Å². The highest BCUT2D eigenvalue weighted by atomic mass is 35.5. The number of carbonyl (C=O) groups excluding carboxylic acids is 1. The van der Waals surface area contributed by atoms with Gasteiger partial charge in [0.05, 0.1) is 16.5 Å². The molecule has 0 aliphatic heterocycles. The first kappa shape index (κ1) is 21.6. The minimum absolute atomic E-state index is 0.0715. The maximum absolute atomic E-state index is 14.3. The molecule has 1 amide bonds. The van der Waals surface area contributed by atoms with E-state index in [1.54, 1.807) is 44.1 Å². The van der Waals surface area contributed by atoms with Gasteiger partial charge in [-0.1, -0.05) is 17.7 Å². The molecule has 0 aliphatic carbocycles. The van der Waals surface area contributed by atoms with Crippen LogP contribution >= 0.6 is 11.6 Å². The second-order valence-corrected chi connectivity index (χ2v) is 7.08. The predicted molar refractivity (Wildman–Crippen MR) is 108 cm³/mol. The molecule has 2 rings (SSSR count). The monoisotopic (exact) mass is 408 g/mol. The summed E-state index contributed by atoms with van der Waals surface area (Å²) in [4.78, 5) is 26.7. The lowest BCUT2D eigenvalue weighted by atomic mass is 10.0. The zero-order valence-electron chi connectivity index (χ0n) is 16.1. The van der Waals surface area contributed by atoms with E-state index < -0.39 is 22.7 Å². The van der Waals surface area contributed by atoms with Gasteiger partial charge in [0.25, 0.3) is 11.6 Å². The fourth-order valence-corrected chi connectivity index (χ4v) is 3.15. The van der Waals surface area contributed by atoms with Crippen molar-refractivity contribution in [3.63, 3.8) is 0 Å². The van der Waals surface area contributed by atoms with Crippen molar-refractivity contribution in [2.24, 2.45) is 0 Å². The van der Waals surface area contributed by atoms with E-state index in [-0.39, 0.29) is 28.4 Å². The number of nitro benzene ring substituents is 1. The van der Waals surface area contributed by atoms with Gasteiger partial charge in [0.1, 0.15) is 5.82 Å². The second kappa shape index (κ2) is 8.99. The molecule has 1 unspecified atom stereocenters. The fourth-order valence-electron chi connectivity index (χ4n) is 2.87. The minimum Gasteiger partial charge on any atom is -0.377 e. The molecule has 28 heavy (non-hydrogen) atoms. The van der Waals surface area contributed by atoms with E-state index in [1.165, 1.54) is 30.3 Å². The summed E-state index contributed by atoms with van der Waals surface area (Å²) >= 11 is 6.16. The topological polar surface area (TPSA) is 78.7 Å². The Labute approximate surface area is 167 Å². The lowest BCUT2D eigenvalue weighted by molar-refractivity contribution is -0.384. The predicted octanol–water partition coefficient (Wildman–Crippen LogP) is 3.49. The normalized spacial score (nSPS) is 12.0. The number of nitro groups is 1. The van der Waals surface area contributed by atoms with Crippen molar-refractivity contribution < 1.29 is 14.1 Å². The van der Waals surface area contributed by atoms with Gasteiger partial charge in [-0.2, -0.15) is 0 Å². The number of non-ortho nitro benzene ring substituents is 1. The van der Waals surface area contributed by atoms with E-state index in [1.807, 2.05) is 0 Å². The Bertz CT molecular complexity index is 869. The number of halogens is 2. The van der Waals surface area contributed by atoms with Crippen LogP contribution in [0.1, 0.15) is 22.0 Å². The van der Waals surface area contributed by atoms with E-state index in [0.717, 1.165) is 0 Å². The maximum atomic E-state index is 14.3. The van der Waals surface area contributed by atoms with Gasteiger partial charge in [-0.05, 0) is 32.3 Å². The molecule has 0 spiro atoms. The molecule has 0 heterocycles. The van der Waals surface area contributed by atoms with Crippen LogP contribution in [-0.4, -0.2) is 50.5 Å². The van der Waals surface area contributed by atoms with E-state index in [2.05, 4.69) is 5.32 Å². The third-order valence-corrected chi connectivity index (χ3v) is 4.66. The first-order valence-electron chi connectivity index (χ1n) is 8.47. The van der Waals surface area contributed by atoms with Crippen molar-refractivity contribution in [1.29, 1.82) is 0 Å². The molecule has 9 heteroatoms. The first-order chi connectivity index (χ1) is 13.1. The summed E-state index contributed by atoms with van der Waals surface area (Å²) in [6, 6.07) is 7.98. The van der Waals surface area contributed by atoms with Crippen LogP contribution in [0.2, 0.25) is 5.02 Å². The van der Waals surface area contributed by atoms with Gasteiger partial charge in [-0.25, -0.2) is 4.39 Å². The molecule has 0 saturated heterocycles. The zero-order chi connectivity index (χ0) is 21.0. The van der Waals surface area contributed by atoms with Gasteiger partial charge in [0.15, 0.2) is 0 Å². The van der Waals surface area contributed by atoms with Crippen LogP contribution in [0.5, 0.6) is 0 Å². The van der Waals surface area contributed by atoms with Gasteiger partial charge >= 0.3 is 0 Å². The summed E-state index contributed by atoms with van der Waals surface area (Å²) in [5, 5.41) is 14.1. The third-order valence-electron chi connectivity index (χ3n) is 4.33. The number of hydrogen-bond acceptors (Lipinski definition) is 5. The van der Waals surface area contributed by atoms with E-state index >= 15 is 0 Å². The average Bonchev–Trinajstić information content (AvgIpc) is 2.62. The molecule has 0 saturated carbocycles. The number of benzene rings is 2. The SMILES string of the molecule is CN(C)c1ccc([N+](=O)[O-])cc1C(=O)NCC(c1c(F)cccc1Cl)N(C)C. The lowest BCUT2D eigenvalue weighted by Gasteiger charge is -2.26. The largest absolute Gasteiger partial charge is 0.377 e. The van der Waals surface area contributed by atoms with Gasteiger partial charge in [0.2, 0.25) is 0 Å². The van der Waals surface area contributed by atoms with Gasteiger partial charge in [-0.3, -0.25) is 14.9 Å². The quantitative estimate of drug-likeness (QED) is 0.560. The van der Waals surface area contributed by atoms with E-state index in [9.17, 15) is 19.3 Å². The Balaban J connectivity index is 2.31. The summed E-state index contributed by atoms with van der Waals surface area (Å²) in [5.74, 6) is -0.962. The molecule has 7 nitrogen and oxygen atoms in total. The van der Waals surface area contributed by atoms with Crippen molar-refractivity contribution in [3.05, 3.63) is 68.5 Å². The van der Waals surface area contributed by atoms with Crippen LogP contribution in [-0.2, 0) is 0 Å². The molecule has 2 aromatic rings. The summed E-state index contributed by atoms with van der Waals surface area (Å²) in [7, 11) is 6.97. The number of nitrogens with zero attached hydrogens (tertiary/aromatic N) is 3. The van der Waals surface area contributed by atoms with Crippen LogP contribution in [0.15, 0.2) is 36.4 Å². The molecular formula is C19H22ClFN4O3. The second-order valence-electron chi connectivity index (χ2n) is 6.68. The molecule has 150 valence electrons. The zero-order valence-corrected chi connectivity index (χ0v) is 16.8. The Kier molecular flexibility index (Phi) is 6.93. The Hall–Kier alpha value is -2.71. The highest BCUT2D eigenvalue weighted by molar-refractivity contribution is 6.31. The van der Waals surface area contributed by atoms with Crippen LogP contribution in [0, 0.1) is 15.9 Å². The van der Waals surface area contributed by atoms with Gasteiger partial charge in [0, 0.05) is 49.0 Å². The Morgan fingerprint density at radius 3 is 2.46 bits per heavy atom. The van der Waals surface area contributed by atoms with Crippen molar-refractivity contribution >= 4 is 28.9 Å². The number of likely N-dealkylation sites (N-methyl/N-ethyl adjacent to an activating group) is 1. The van der Waals surface area contributed by atoms with Crippen molar-refractivity contribution in [2.45, 2.75) is 6.04 Å². The lowest BCUT2D eigenvalue weighted by Crippen LogP contribution is -2.35. The number of rotatable bonds is 7. The number of hydrogen-bond donors (Lipinski definition) is 1. The Morgan fingerprint density at radius 2 is 1.93 bits per heavy atom. The molecule has 0 fully saturated rings. The third kappa shape index (κ3) is 4.76. The van der Waals surface area contributed by atoms with Crippen LogP contribution in [0.25, 0.3) is 0 Å². The number of amides is 1. The number of carbonyl (C=O) groups is 1. The highest BCUT2D eigenvalue weighted by Gasteiger charge is 2.24. The number of nitrogens with one attached hydrogen (secondary N) is 1. The van der Waals surface area contributed by atoms with Crippen LogP contribution < -0.4 is 10.2 Å². The molecular weight excluding hydrogens is 387 g/mol. The summed E-state index contributed by atoms with van der Waals surface area (Å²) in [5.41, 5.74) is 0.795. The fraction of sp³-hybridized carbons (Fsp3) is 0.316. The summed E-state index contributed by atoms with van der Waals surface area (Å²) in [6.45, 7) is 0.0715. The van der Waals surface area contributed by atoms with Crippen molar-refractivity contribution in [1.82, 2.24) is 10.2 Å². The van der Waals surface area contributed by atoms with Gasteiger partial charge in [-0.15, -0.1) is 0 Å². The minimum atomic E-state index is -0.558.